The Kier molecular flexibility index (Phi) is 5.76. The first kappa shape index (κ1) is 23.6. The van der Waals surface area contributed by atoms with Crippen LogP contribution in [0.2, 0.25) is 0 Å². The number of hydrogen-bond donors (Lipinski definition) is 2. The molecule has 0 saturated carbocycles. The molecule has 2 N–H and O–H groups in total. The van der Waals surface area contributed by atoms with Crippen LogP contribution >= 0.6 is 11.3 Å². The lowest BCUT2D eigenvalue weighted by molar-refractivity contribution is -0.117. The normalized spacial score (nSPS) is 15.8. The summed E-state index contributed by atoms with van der Waals surface area (Å²) in [5.41, 5.74) is 3.47. The van der Waals surface area contributed by atoms with Gasteiger partial charge in [0.05, 0.1) is 45.3 Å². The molecule has 184 valence electrons. The van der Waals surface area contributed by atoms with Gasteiger partial charge >= 0.3 is 0 Å². The number of carbonyl (C=O) groups is 2. The van der Waals surface area contributed by atoms with Gasteiger partial charge in [-0.2, -0.15) is 0 Å². The van der Waals surface area contributed by atoms with E-state index in [9.17, 15) is 14.7 Å². The number of hydrogen-bond acceptors (Lipinski definition) is 8. The number of ketones is 1. The van der Waals surface area contributed by atoms with Gasteiger partial charge in [0.1, 0.15) is 5.75 Å². The van der Waals surface area contributed by atoms with E-state index in [1.165, 1.54) is 16.2 Å². The van der Waals surface area contributed by atoms with Crippen molar-refractivity contribution < 1.29 is 19.4 Å². The summed E-state index contributed by atoms with van der Waals surface area (Å²) in [6.45, 7) is 3.56. The molecule has 0 spiro atoms. The second-order valence-electron chi connectivity index (χ2n) is 8.75. The number of Topliss-reactive ketones (excluding diaryl/α,β-unsaturated/α-hetero) is 1. The Bertz CT molecular complexity index is 1530. The van der Waals surface area contributed by atoms with Gasteiger partial charge < -0.3 is 19.7 Å². The molecule has 0 bridgehead atoms. The van der Waals surface area contributed by atoms with Gasteiger partial charge in [-0.05, 0) is 43.7 Å². The summed E-state index contributed by atoms with van der Waals surface area (Å²) in [4.78, 5) is 43.0. The molecule has 0 aliphatic carbocycles. The van der Waals surface area contributed by atoms with E-state index in [1.54, 1.807) is 32.2 Å². The molecule has 0 radical (unpaired) electrons. The van der Waals surface area contributed by atoms with E-state index in [0.717, 1.165) is 10.7 Å². The number of amides is 1. The fourth-order valence-corrected chi connectivity index (χ4v) is 5.28. The van der Waals surface area contributed by atoms with E-state index < -0.39 is 23.5 Å². The molecule has 1 amide bonds. The van der Waals surface area contributed by atoms with Crippen molar-refractivity contribution in [3.63, 3.8) is 0 Å². The zero-order valence-corrected chi connectivity index (χ0v) is 21.3. The molecular weight excluding hydrogens is 478 g/mol. The number of nitrogens with one attached hydrogen (secondary N) is 1. The van der Waals surface area contributed by atoms with Crippen molar-refractivity contribution in [3.05, 3.63) is 74.9 Å². The third kappa shape index (κ3) is 3.79. The molecule has 2 aromatic carbocycles. The van der Waals surface area contributed by atoms with Crippen LogP contribution in [0.15, 0.2) is 53.8 Å². The number of anilines is 2. The Hall–Kier alpha value is -4.18. The Morgan fingerprint density at radius 2 is 1.86 bits per heavy atom. The van der Waals surface area contributed by atoms with Crippen LogP contribution in [0.25, 0.3) is 11.0 Å². The predicted molar refractivity (Wildman–Crippen MR) is 139 cm³/mol. The second-order valence-corrected chi connectivity index (χ2v) is 9.95. The zero-order chi connectivity index (χ0) is 25.7. The first-order chi connectivity index (χ1) is 17.2. The van der Waals surface area contributed by atoms with Gasteiger partial charge in [0.25, 0.3) is 5.91 Å². The lowest BCUT2D eigenvalue weighted by Gasteiger charge is -2.25. The predicted octanol–water partition coefficient (Wildman–Crippen LogP) is 4.49. The molecule has 1 aliphatic heterocycles. The Morgan fingerprint density at radius 1 is 1.14 bits per heavy atom. The van der Waals surface area contributed by atoms with Gasteiger partial charge in [0, 0.05) is 25.8 Å². The second kappa shape index (κ2) is 8.80. The number of rotatable bonds is 6. The van der Waals surface area contributed by atoms with Gasteiger partial charge in [-0.3, -0.25) is 14.5 Å². The summed E-state index contributed by atoms with van der Waals surface area (Å²) in [5, 5.41) is 11.8. The number of aryl methyl sites for hydroxylation is 2. The van der Waals surface area contributed by atoms with Crippen LogP contribution in [0.4, 0.5) is 11.6 Å². The summed E-state index contributed by atoms with van der Waals surface area (Å²) in [6.07, 6.45) is 0. The molecule has 0 fully saturated rings. The van der Waals surface area contributed by atoms with E-state index in [0.29, 0.717) is 32.9 Å². The lowest BCUT2D eigenvalue weighted by Crippen LogP contribution is -2.32. The maximum atomic E-state index is 13.7. The van der Waals surface area contributed by atoms with Crippen LogP contribution in [-0.2, 0) is 4.79 Å². The maximum absolute atomic E-state index is 13.7. The monoisotopic (exact) mass is 503 g/mol. The highest BCUT2D eigenvalue weighted by atomic mass is 32.1. The number of imidazole rings is 1. The highest BCUT2D eigenvalue weighted by Gasteiger charge is 2.46. The molecule has 2 aromatic heterocycles. The van der Waals surface area contributed by atoms with Gasteiger partial charge in [0.15, 0.2) is 5.76 Å². The maximum Gasteiger partial charge on any atom is 0.296 e. The van der Waals surface area contributed by atoms with E-state index in [2.05, 4.69) is 15.0 Å². The number of aliphatic hydroxyl groups excluding tert-OH is 1. The minimum absolute atomic E-state index is 0.00221. The van der Waals surface area contributed by atoms with Gasteiger partial charge in [-0.25, -0.2) is 9.97 Å². The topological polar surface area (TPSA) is 112 Å². The van der Waals surface area contributed by atoms with Crippen molar-refractivity contribution in [2.24, 2.45) is 0 Å². The SMILES string of the molecule is COc1ccc2nc(N3C(=O)C(O)=C(C(=O)c4sc(C)nc4C)C3c3ccc(N(C)C)cc3)[nH]c2c1. The number of thiazole rings is 1. The van der Waals surface area contributed by atoms with Crippen molar-refractivity contribution >= 4 is 45.7 Å². The molecule has 4 aromatic rings. The Morgan fingerprint density at radius 3 is 2.47 bits per heavy atom. The standard InChI is InChI=1S/C26H25N5O4S/c1-13-24(36-14(2)27-13)22(32)20-21(15-6-8-16(9-7-15)30(3)4)31(25(34)23(20)33)26-28-18-11-10-17(35-5)12-19(18)29-26/h6-12,21,33H,1-5H3,(H,28,29). The van der Waals surface area contributed by atoms with Crippen molar-refractivity contribution in [2.75, 3.05) is 31.0 Å². The number of benzene rings is 2. The third-order valence-corrected chi connectivity index (χ3v) is 7.26. The quantitative estimate of drug-likeness (QED) is 0.373. The first-order valence-corrected chi connectivity index (χ1v) is 12.1. The highest BCUT2D eigenvalue weighted by Crippen LogP contribution is 2.42. The molecule has 5 rings (SSSR count). The van der Waals surface area contributed by atoms with E-state index in [4.69, 9.17) is 4.74 Å². The molecule has 1 unspecified atom stereocenters. The largest absolute Gasteiger partial charge is 0.503 e. The summed E-state index contributed by atoms with van der Waals surface area (Å²) >= 11 is 1.24. The van der Waals surface area contributed by atoms with Crippen LogP contribution < -0.4 is 14.5 Å². The van der Waals surface area contributed by atoms with Crippen LogP contribution in [0.1, 0.15) is 32.0 Å². The Labute approximate surface area is 211 Å². The zero-order valence-electron chi connectivity index (χ0n) is 20.5. The smallest absolute Gasteiger partial charge is 0.296 e. The highest BCUT2D eigenvalue weighted by molar-refractivity contribution is 7.14. The number of H-pyrrole nitrogens is 1. The van der Waals surface area contributed by atoms with Crippen molar-refractivity contribution in [1.82, 2.24) is 15.0 Å². The third-order valence-electron chi connectivity index (χ3n) is 6.19. The number of carbonyl (C=O) groups excluding carboxylic acids is 2. The van der Waals surface area contributed by atoms with Gasteiger partial charge in [0.2, 0.25) is 11.7 Å². The number of methoxy groups -OCH3 is 1. The molecule has 1 aliphatic rings. The van der Waals surface area contributed by atoms with Gasteiger partial charge in [-0.15, -0.1) is 11.3 Å². The number of aromatic amines is 1. The molecule has 1 atom stereocenters. The molecule has 10 heteroatoms. The molecule has 0 saturated heterocycles. The first-order valence-electron chi connectivity index (χ1n) is 11.3. The van der Waals surface area contributed by atoms with Gasteiger partial charge in [-0.1, -0.05) is 12.1 Å². The minimum Gasteiger partial charge on any atom is -0.503 e. The number of nitrogens with zero attached hydrogens (tertiary/aromatic N) is 4. The lowest BCUT2D eigenvalue weighted by atomic mass is 9.95. The Balaban J connectivity index is 1.67. The van der Waals surface area contributed by atoms with Crippen LogP contribution in [0.5, 0.6) is 5.75 Å². The molecular formula is C26H25N5O4S. The minimum atomic E-state index is -0.884. The average Bonchev–Trinajstić information content (AvgIpc) is 3.51. The summed E-state index contributed by atoms with van der Waals surface area (Å²) in [6, 6.07) is 11.9. The van der Waals surface area contributed by atoms with E-state index in [-0.39, 0.29) is 11.5 Å². The summed E-state index contributed by atoms with van der Waals surface area (Å²) in [7, 11) is 5.43. The van der Waals surface area contributed by atoms with Crippen molar-refractivity contribution in [3.8, 4) is 5.75 Å². The molecule has 9 nitrogen and oxygen atoms in total. The van der Waals surface area contributed by atoms with Crippen LogP contribution in [-0.4, -0.2) is 53.0 Å². The molecule has 36 heavy (non-hydrogen) atoms. The van der Waals surface area contributed by atoms with Crippen molar-refractivity contribution in [2.45, 2.75) is 19.9 Å². The number of ether oxygens (including phenoxy) is 1. The molecule has 3 heterocycles. The fraction of sp³-hybridized carbons (Fsp3) is 0.231. The van der Waals surface area contributed by atoms with Crippen LogP contribution in [0.3, 0.4) is 0 Å². The average molecular weight is 504 g/mol. The van der Waals surface area contributed by atoms with Crippen molar-refractivity contribution in [1.29, 1.82) is 0 Å². The number of fused-ring (bicyclic) bond motifs is 1. The number of aromatic nitrogens is 3. The van der Waals surface area contributed by atoms with E-state index >= 15 is 0 Å². The number of aliphatic hydroxyl groups is 1. The summed E-state index contributed by atoms with van der Waals surface area (Å²) < 4.78 is 5.30. The van der Waals surface area contributed by atoms with E-state index in [1.807, 2.05) is 50.2 Å². The fourth-order valence-electron chi connectivity index (χ4n) is 4.41. The van der Waals surface area contributed by atoms with Crippen LogP contribution in [0, 0.1) is 13.8 Å². The summed E-state index contributed by atoms with van der Waals surface area (Å²) in [5.74, 6) is -0.869.